The van der Waals surface area contributed by atoms with Gasteiger partial charge in [-0.3, -0.25) is 9.59 Å². The van der Waals surface area contributed by atoms with Gasteiger partial charge < -0.3 is 0 Å². The third kappa shape index (κ3) is 5.49. The molecule has 1 aliphatic rings. The van der Waals surface area contributed by atoms with Crippen LogP contribution < -0.4 is 10.0 Å². The van der Waals surface area contributed by atoms with Crippen LogP contribution in [0.2, 0.25) is 0 Å². The molecular formula is C33H48N2O2. The first kappa shape index (κ1) is 28.9. The van der Waals surface area contributed by atoms with Gasteiger partial charge in [0.2, 0.25) is 0 Å². The van der Waals surface area contributed by atoms with Gasteiger partial charge in [-0.05, 0) is 82.0 Å². The molecule has 0 saturated carbocycles. The molecule has 1 fully saturated rings. The van der Waals surface area contributed by atoms with E-state index in [4.69, 9.17) is 0 Å². The number of anilines is 2. The Balaban J connectivity index is 2.37. The third-order valence-electron chi connectivity index (χ3n) is 7.44. The summed E-state index contributed by atoms with van der Waals surface area (Å²) in [6.45, 7) is 29.6. The lowest BCUT2D eigenvalue weighted by Crippen LogP contribution is -2.42. The van der Waals surface area contributed by atoms with Gasteiger partial charge in [0.1, 0.15) is 5.41 Å². The van der Waals surface area contributed by atoms with Crippen LogP contribution in [-0.2, 0) is 31.2 Å². The van der Waals surface area contributed by atoms with Gasteiger partial charge >= 0.3 is 0 Å². The van der Waals surface area contributed by atoms with Crippen LogP contribution in [0.15, 0.2) is 36.4 Å². The number of hydrogen-bond acceptors (Lipinski definition) is 2. The van der Waals surface area contributed by atoms with Crippen LogP contribution >= 0.6 is 0 Å². The predicted molar refractivity (Wildman–Crippen MR) is 156 cm³/mol. The monoisotopic (exact) mass is 504 g/mol. The molecule has 1 saturated heterocycles. The fourth-order valence-electron chi connectivity index (χ4n) is 4.47. The van der Waals surface area contributed by atoms with Crippen molar-refractivity contribution in [3.63, 3.8) is 0 Å². The molecule has 0 atom stereocenters. The Bertz CT molecular complexity index is 1060. The van der Waals surface area contributed by atoms with Crippen LogP contribution in [0, 0.1) is 5.41 Å². The van der Waals surface area contributed by atoms with E-state index in [9.17, 15) is 9.59 Å². The predicted octanol–water partition coefficient (Wildman–Crippen LogP) is 8.20. The molecule has 0 unspecified atom stereocenters. The van der Waals surface area contributed by atoms with Crippen molar-refractivity contribution in [3.8, 4) is 0 Å². The molecule has 3 rings (SSSR count). The van der Waals surface area contributed by atoms with Crippen molar-refractivity contribution in [3.05, 3.63) is 58.7 Å². The maximum atomic E-state index is 14.0. The molecule has 202 valence electrons. The minimum absolute atomic E-state index is 0.116. The number of nitrogens with zero attached hydrogens (tertiary/aromatic N) is 2. The Morgan fingerprint density at radius 1 is 0.459 bits per heavy atom. The van der Waals surface area contributed by atoms with Crippen molar-refractivity contribution < 1.29 is 9.59 Å². The Labute approximate surface area is 225 Å². The molecule has 4 nitrogen and oxygen atoms in total. The van der Waals surface area contributed by atoms with E-state index in [1.54, 1.807) is 23.9 Å². The number of hydrogen-bond donors (Lipinski definition) is 0. The molecule has 0 bridgehead atoms. The molecule has 2 aromatic carbocycles. The van der Waals surface area contributed by atoms with E-state index in [0.717, 1.165) is 33.6 Å². The number of rotatable bonds is 2. The maximum absolute atomic E-state index is 14.0. The summed E-state index contributed by atoms with van der Waals surface area (Å²) >= 11 is 0. The van der Waals surface area contributed by atoms with Crippen molar-refractivity contribution in [1.82, 2.24) is 0 Å². The molecule has 0 spiro atoms. The van der Waals surface area contributed by atoms with Crippen molar-refractivity contribution in [2.45, 2.75) is 119 Å². The summed E-state index contributed by atoms with van der Waals surface area (Å²) in [5.74, 6) is -0.413. The lowest BCUT2D eigenvalue weighted by Gasteiger charge is -2.33. The van der Waals surface area contributed by atoms with Crippen LogP contribution in [0.3, 0.4) is 0 Å². The average Bonchev–Trinajstić information content (AvgIpc) is 2.90. The van der Waals surface area contributed by atoms with Crippen LogP contribution in [0.4, 0.5) is 11.4 Å². The highest BCUT2D eigenvalue weighted by Crippen LogP contribution is 2.43. The van der Waals surface area contributed by atoms with E-state index >= 15 is 0 Å². The summed E-state index contributed by atoms with van der Waals surface area (Å²) in [4.78, 5) is 27.9. The zero-order valence-corrected chi connectivity index (χ0v) is 25.7. The molecule has 0 radical (unpaired) electrons. The summed E-state index contributed by atoms with van der Waals surface area (Å²) in [5.41, 5.74) is 4.39. The van der Waals surface area contributed by atoms with E-state index in [0.29, 0.717) is 0 Å². The summed E-state index contributed by atoms with van der Waals surface area (Å²) in [5, 5.41) is 3.25. The SMILES string of the molecule is CC1(C)C(=O)N(c2cc(C(C)(C)C)cc(C(C)(C)C)c2)N(c2cc(C(C)(C)C)cc(C(C)(C)C)c2)C1=O. The number of amides is 2. The fraction of sp³-hybridized carbons (Fsp3) is 0.576. The average molecular weight is 505 g/mol. The van der Waals surface area contributed by atoms with Gasteiger partial charge in [-0.2, -0.15) is 0 Å². The zero-order chi connectivity index (χ0) is 28.5. The largest absolute Gasteiger partial charge is 0.271 e. The molecule has 2 aromatic rings. The van der Waals surface area contributed by atoms with E-state index in [-0.39, 0.29) is 33.5 Å². The number of hydrazine groups is 1. The van der Waals surface area contributed by atoms with Crippen molar-refractivity contribution in [2.75, 3.05) is 10.0 Å². The van der Waals surface area contributed by atoms with Crippen LogP contribution in [-0.4, -0.2) is 11.8 Å². The highest BCUT2D eigenvalue weighted by atomic mass is 16.2. The van der Waals surface area contributed by atoms with Gasteiger partial charge in [0.25, 0.3) is 11.8 Å². The highest BCUT2D eigenvalue weighted by Gasteiger charge is 2.53. The second-order valence-corrected chi connectivity index (χ2v) is 15.4. The van der Waals surface area contributed by atoms with Gasteiger partial charge in [-0.25, -0.2) is 10.0 Å². The number of carbonyl (C=O) groups excluding carboxylic acids is 2. The molecule has 1 aliphatic heterocycles. The topological polar surface area (TPSA) is 40.6 Å². The highest BCUT2D eigenvalue weighted by molar-refractivity contribution is 6.25. The Kier molecular flexibility index (Phi) is 6.82. The molecule has 0 aliphatic carbocycles. The van der Waals surface area contributed by atoms with Gasteiger partial charge in [0, 0.05) is 0 Å². The van der Waals surface area contributed by atoms with Crippen LogP contribution in [0.5, 0.6) is 0 Å². The standard InChI is InChI=1S/C33H48N2O2/c1-29(2,3)21-15-22(30(4,5)6)18-25(17-21)34-27(36)33(13,14)28(37)35(34)26-19-23(31(7,8)9)16-24(20-26)32(10,11)12/h15-20H,1-14H3. The summed E-state index contributed by atoms with van der Waals surface area (Å²) in [6.07, 6.45) is 0. The summed E-state index contributed by atoms with van der Waals surface area (Å²) in [6, 6.07) is 12.8. The number of benzene rings is 2. The summed E-state index contributed by atoms with van der Waals surface area (Å²) in [7, 11) is 0. The maximum Gasteiger partial charge on any atom is 0.261 e. The first-order valence-electron chi connectivity index (χ1n) is 13.5. The van der Waals surface area contributed by atoms with Gasteiger partial charge in [0.05, 0.1) is 11.4 Å². The van der Waals surface area contributed by atoms with E-state index in [1.165, 1.54) is 0 Å². The van der Waals surface area contributed by atoms with E-state index in [2.05, 4.69) is 119 Å². The first-order valence-corrected chi connectivity index (χ1v) is 13.5. The van der Waals surface area contributed by atoms with Gasteiger partial charge in [0.15, 0.2) is 0 Å². The first-order chi connectivity index (χ1) is 16.5. The molecule has 0 aromatic heterocycles. The Morgan fingerprint density at radius 3 is 0.865 bits per heavy atom. The van der Waals surface area contributed by atoms with E-state index in [1.807, 2.05) is 0 Å². The molecule has 2 amide bonds. The van der Waals surface area contributed by atoms with Crippen molar-refractivity contribution >= 4 is 23.2 Å². The third-order valence-corrected chi connectivity index (χ3v) is 7.44. The van der Waals surface area contributed by atoms with Crippen LogP contribution in [0.1, 0.15) is 119 Å². The van der Waals surface area contributed by atoms with Crippen LogP contribution in [0.25, 0.3) is 0 Å². The number of carbonyl (C=O) groups is 2. The lowest BCUT2D eigenvalue weighted by molar-refractivity contribution is -0.132. The minimum atomic E-state index is -1.17. The minimum Gasteiger partial charge on any atom is -0.271 e. The second-order valence-electron chi connectivity index (χ2n) is 15.4. The van der Waals surface area contributed by atoms with Crippen molar-refractivity contribution in [2.24, 2.45) is 5.41 Å². The normalized spacial score (nSPS) is 17.1. The van der Waals surface area contributed by atoms with E-state index < -0.39 is 5.41 Å². The molecular weight excluding hydrogens is 456 g/mol. The fourth-order valence-corrected chi connectivity index (χ4v) is 4.47. The molecule has 4 heteroatoms. The van der Waals surface area contributed by atoms with Gasteiger partial charge in [-0.15, -0.1) is 0 Å². The Hall–Kier alpha value is -2.62. The molecule has 1 heterocycles. The smallest absolute Gasteiger partial charge is 0.261 e. The summed E-state index contributed by atoms with van der Waals surface area (Å²) < 4.78 is 0. The van der Waals surface area contributed by atoms with Crippen molar-refractivity contribution in [1.29, 1.82) is 0 Å². The molecule has 0 N–H and O–H groups in total. The Morgan fingerprint density at radius 2 is 0.676 bits per heavy atom. The quantitative estimate of drug-likeness (QED) is 0.387. The zero-order valence-electron chi connectivity index (χ0n) is 25.7. The van der Waals surface area contributed by atoms with Gasteiger partial charge in [-0.1, -0.05) is 95.2 Å². The second kappa shape index (κ2) is 8.71. The molecule has 37 heavy (non-hydrogen) atoms. The lowest BCUT2D eigenvalue weighted by atomic mass is 9.80.